The number of nitrogens with zero attached hydrogens (tertiary/aromatic N) is 1. The minimum Gasteiger partial charge on any atom is -0.494 e. The summed E-state index contributed by atoms with van der Waals surface area (Å²) in [6.07, 6.45) is 3.63. The van der Waals surface area contributed by atoms with Crippen LogP contribution in [0.3, 0.4) is 0 Å². The van der Waals surface area contributed by atoms with Crippen molar-refractivity contribution >= 4 is 46.0 Å². The second kappa shape index (κ2) is 6.37. The van der Waals surface area contributed by atoms with Crippen molar-refractivity contribution in [3.05, 3.63) is 53.2 Å². The number of nitrogens with one attached hydrogen (secondary N) is 1. The predicted octanol–water partition coefficient (Wildman–Crippen LogP) is 3.82. The van der Waals surface area contributed by atoms with Crippen LogP contribution in [0, 0.1) is 0 Å². The Balaban J connectivity index is 1.85. The van der Waals surface area contributed by atoms with Crippen LogP contribution in [0.15, 0.2) is 47.5 Å². The maximum atomic E-state index is 12.6. The van der Waals surface area contributed by atoms with Gasteiger partial charge in [0.1, 0.15) is 5.75 Å². The van der Waals surface area contributed by atoms with Crippen LogP contribution < -0.4 is 9.64 Å². The van der Waals surface area contributed by atoms with Crippen molar-refractivity contribution in [3.8, 4) is 5.75 Å². The smallest absolute Gasteiger partial charge is 0.270 e. The second-order valence-electron chi connectivity index (χ2n) is 4.57. The van der Waals surface area contributed by atoms with Gasteiger partial charge < -0.3 is 9.72 Å². The van der Waals surface area contributed by atoms with Crippen LogP contribution in [0.5, 0.6) is 5.75 Å². The van der Waals surface area contributed by atoms with Gasteiger partial charge in [-0.05, 0) is 49.4 Å². The molecule has 1 N–H and O–H groups in total. The Hall–Kier alpha value is -2.05. The van der Waals surface area contributed by atoms with Crippen molar-refractivity contribution in [2.75, 3.05) is 11.5 Å². The Morgan fingerprint density at radius 2 is 2.09 bits per heavy atom. The zero-order valence-electron chi connectivity index (χ0n) is 11.9. The average Bonchev–Trinajstić information content (AvgIpc) is 3.10. The Morgan fingerprint density at radius 1 is 1.32 bits per heavy atom. The molecule has 2 heterocycles. The first-order chi connectivity index (χ1) is 10.7. The molecule has 1 aliphatic rings. The van der Waals surface area contributed by atoms with Crippen LogP contribution in [-0.4, -0.2) is 21.8 Å². The summed E-state index contributed by atoms with van der Waals surface area (Å²) in [6.45, 7) is 2.54. The fourth-order valence-electron chi connectivity index (χ4n) is 2.12. The van der Waals surface area contributed by atoms with Crippen molar-refractivity contribution in [1.29, 1.82) is 0 Å². The number of hydrogen-bond acceptors (Lipinski definition) is 4. The highest BCUT2D eigenvalue weighted by atomic mass is 32.2. The van der Waals surface area contributed by atoms with Crippen molar-refractivity contribution in [2.45, 2.75) is 6.92 Å². The maximum absolute atomic E-state index is 12.6. The van der Waals surface area contributed by atoms with E-state index in [-0.39, 0.29) is 5.91 Å². The number of benzene rings is 1. The van der Waals surface area contributed by atoms with Gasteiger partial charge in [0.2, 0.25) is 0 Å². The van der Waals surface area contributed by atoms with Gasteiger partial charge in [0, 0.05) is 11.9 Å². The molecule has 0 spiro atoms. The number of thioether (sulfide) groups is 1. The number of carbonyl (C=O) groups is 1. The van der Waals surface area contributed by atoms with E-state index in [9.17, 15) is 4.79 Å². The number of aromatic amines is 1. The molecule has 0 saturated carbocycles. The first-order valence-corrected chi connectivity index (χ1v) is 8.05. The molecule has 22 heavy (non-hydrogen) atoms. The molecule has 6 heteroatoms. The minimum atomic E-state index is -0.103. The van der Waals surface area contributed by atoms with Crippen LogP contribution in [0.4, 0.5) is 5.69 Å². The second-order valence-corrected chi connectivity index (χ2v) is 6.25. The van der Waals surface area contributed by atoms with Gasteiger partial charge in [0.15, 0.2) is 4.32 Å². The summed E-state index contributed by atoms with van der Waals surface area (Å²) in [5.74, 6) is 0.673. The lowest BCUT2D eigenvalue weighted by Gasteiger charge is -2.15. The molecule has 0 bridgehead atoms. The molecular weight excluding hydrogens is 316 g/mol. The molecule has 1 aromatic carbocycles. The zero-order valence-corrected chi connectivity index (χ0v) is 13.5. The molecule has 0 aliphatic carbocycles. The largest absolute Gasteiger partial charge is 0.494 e. The third-order valence-electron chi connectivity index (χ3n) is 3.11. The highest BCUT2D eigenvalue weighted by molar-refractivity contribution is 8.27. The fraction of sp³-hybridized carbons (Fsp3) is 0.125. The average molecular weight is 330 g/mol. The van der Waals surface area contributed by atoms with Gasteiger partial charge >= 0.3 is 0 Å². The Morgan fingerprint density at radius 3 is 2.73 bits per heavy atom. The molecule has 2 aromatic rings. The number of amides is 1. The van der Waals surface area contributed by atoms with Crippen molar-refractivity contribution < 1.29 is 9.53 Å². The van der Waals surface area contributed by atoms with Gasteiger partial charge in [-0.1, -0.05) is 24.0 Å². The SMILES string of the molecule is CCOc1ccc(N2C(=O)/C(=C/c3ccc[nH]3)SC2=S)cc1. The van der Waals surface area contributed by atoms with Gasteiger partial charge in [-0.25, -0.2) is 0 Å². The standard InChI is InChI=1S/C16H14N2O2S2/c1-2-20-13-7-5-12(6-8-13)18-15(19)14(22-16(18)21)10-11-4-3-9-17-11/h3-10,17H,2H2,1H3/b14-10-. The highest BCUT2D eigenvalue weighted by Crippen LogP contribution is 2.36. The van der Waals surface area contributed by atoms with Crippen LogP contribution in [0.2, 0.25) is 0 Å². The van der Waals surface area contributed by atoms with Crippen LogP contribution in [-0.2, 0) is 4.79 Å². The fourth-order valence-corrected chi connectivity index (χ4v) is 3.41. The lowest BCUT2D eigenvalue weighted by Crippen LogP contribution is -2.27. The van der Waals surface area contributed by atoms with E-state index < -0.39 is 0 Å². The van der Waals surface area contributed by atoms with Crippen molar-refractivity contribution in [3.63, 3.8) is 0 Å². The van der Waals surface area contributed by atoms with E-state index in [2.05, 4.69) is 4.98 Å². The third kappa shape index (κ3) is 2.93. The molecular formula is C16H14N2O2S2. The van der Waals surface area contributed by atoms with Gasteiger partial charge in [0.05, 0.1) is 17.2 Å². The number of thiocarbonyl (C=S) groups is 1. The zero-order chi connectivity index (χ0) is 15.5. The quantitative estimate of drug-likeness (QED) is 0.684. The number of rotatable bonds is 4. The van der Waals surface area contributed by atoms with Crippen molar-refractivity contribution in [2.24, 2.45) is 0 Å². The molecule has 3 rings (SSSR count). The van der Waals surface area contributed by atoms with E-state index in [1.165, 1.54) is 11.8 Å². The summed E-state index contributed by atoms with van der Waals surface area (Å²) in [5, 5.41) is 0. The van der Waals surface area contributed by atoms with E-state index >= 15 is 0 Å². The molecule has 1 aromatic heterocycles. The van der Waals surface area contributed by atoms with Crippen LogP contribution >= 0.6 is 24.0 Å². The Kier molecular flexibility index (Phi) is 4.31. The molecule has 0 atom stereocenters. The normalized spacial score (nSPS) is 16.6. The predicted molar refractivity (Wildman–Crippen MR) is 94.1 cm³/mol. The Labute approximate surface area is 138 Å². The molecule has 0 unspecified atom stereocenters. The summed E-state index contributed by atoms with van der Waals surface area (Å²) in [6, 6.07) is 11.2. The summed E-state index contributed by atoms with van der Waals surface area (Å²) >= 11 is 6.65. The van der Waals surface area contributed by atoms with Crippen LogP contribution in [0.1, 0.15) is 12.6 Å². The molecule has 1 amide bonds. The van der Waals surface area contributed by atoms with E-state index in [1.54, 1.807) is 4.90 Å². The summed E-state index contributed by atoms with van der Waals surface area (Å²) in [7, 11) is 0. The molecule has 0 radical (unpaired) electrons. The van der Waals surface area contributed by atoms with Crippen LogP contribution in [0.25, 0.3) is 6.08 Å². The minimum absolute atomic E-state index is 0.103. The topological polar surface area (TPSA) is 45.3 Å². The lowest BCUT2D eigenvalue weighted by atomic mass is 10.2. The third-order valence-corrected chi connectivity index (χ3v) is 4.41. The van der Waals surface area contributed by atoms with Crippen molar-refractivity contribution in [1.82, 2.24) is 4.98 Å². The number of aromatic nitrogens is 1. The van der Waals surface area contributed by atoms with E-state index in [0.717, 1.165) is 17.1 Å². The molecule has 1 fully saturated rings. The lowest BCUT2D eigenvalue weighted by molar-refractivity contribution is -0.113. The molecule has 112 valence electrons. The molecule has 1 saturated heterocycles. The summed E-state index contributed by atoms with van der Waals surface area (Å²) < 4.78 is 5.95. The number of ether oxygens (including phenoxy) is 1. The summed E-state index contributed by atoms with van der Waals surface area (Å²) in [5.41, 5.74) is 1.63. The van der Waals surface area contributed by atoms with Gasteiger partial charge in [-0.3, -0.25) is 9.69 Å². The van der Waals surface area contributed by atoms with Gasteiger partial charge in [-0.2, -0.15) is 0 Å². The maximum Gasteiger partial charge on any atom is 0.270 e. The summed E-state index contributed by atoms with van der Waals surface area (Å²) in [4.78, 5) is 17.8. The number of carbonyl (C=O) groups excluding carboxylic acids is 1. The molecule has 1 aliphatic heterocycles. The number of anilines is 1. The number of H-pyrrole nitrogens is 1. The van der Waals surface area contributed by atoms with E-state index in [0.29, 0.717) is 15.8 Å². The Bertz CT molecular complexity index is 721. The van der Waals surface area contributed by atoms with E-state index in [4.69, 9.17) is 17.0 Å². The highest BCUT2D eigenvalue weighted by Gasteiger charge is 2.33. The number of hydrogen-bond donors (Lipinski definition) is 1. The van der Waals surface area contributed by atoms with Gasteiger partial charge in [0.25, 0.3) is 5.91 Å². The first-order valence-electron chi connectivity index (χ1n) is 6.83. The van der Waals surface area contributed by atoms with E-state index in [1.807, 2.05) is 55.6 Å². The molecule has 4 nitrogen and oxygen atoms in total. The van der Waals surface area contributed by atoms with Gasteiger partial charge in [-0.15, -0.1) is 0 Å². The monoisotopic (exact) mass is 330 g/mol. The first kappa shape index (κ1) is 14.9.